The van der Waals surface area contributed by atoms with E-state index in [4.69, 9.17) is 9.73 Å². The quantitative estimate of drug-likeness (QED) is 0.449. The van der Waals surface area contributed by atoms with Crippen molar-refractivity contribution in [3.8, 4) is 0 Å². The van der Waals surface area contributed by atoms with Gasteiger partial charge in [0.05, 0.1) is 6.54 Å². The maximum absolute atomic E-state index is 5.53. The molecule has 0 unspecified atom stereocenters. The fraction of sp³-hybridized carbons (Fsp3) is 0.812. The zero-order valence-electron chi connectivity index (χ0n) is 13.4. The predicted octanol–water partition coefficient (Wildman–Crippen LogP) is 2.56. The van der Waals surface area contributed by atoms with E-state index in [0.29, 0.717) is 6.04 Å². The summed E-state index contributed by atoms with van der Waals surface area (Å²) < 4.78 is 5.80. The van der Waals surface area contributed by atoms with Crippen molar-refractivity contribution < 1.29 is 4.74 Å². The number of nitrogens with zero attached hydrogens (tertiary/aromatic N) is 1. The molecule has 21 heavy (non-hydrogen) atoms. The largest absolute Gasteiger partial charge is 0.381 e. The third-order valence-corrected chi connectivity index (χ3v) is 5.51. The third-order valence-electron chi connectivity index (χ3n) is 4.07. The van der Waals surface area contributed by atoms with Crippen molar-refractivity contribution in [1.29, 1.82) is 0 Å². The van der Waals surface area contributed by atoms with Gasteiger partial charge in [0.2, 0.25) is 0 Å². The zero-order chi connectivity index (χ0) is 15.0. The number of ether oxygens (including phenoxy) is 1. The summed E-state index contributed by atoms with van der Waals surface area (Å²) in [6.45, 7) is 7.89. The predicted molar refractivity (Wildman–Crippen MR) is 92.2 cm³/mol. The Morgan fingerprint density at radius 3 is 2.62 bits per heavy atom. The van der Waals surface area contributed by atoms with E-state index >= 15 is 0 Å². The first kappa shape index (κ1) is 16.7. The van der Waals surface area contributed by atoms with E-state index in [0.717, 1.165) is 63.7 Å². The molecule has 1 saturated heterocycles. The smallest absolute Gasteiger partial charge is 0.191 e. The number of guanidine groups is 1. The Hall–Kier alpha value is -0.680. The lowest BCUT2D eigenvalue weighted by Gasteiger charge is -2.35. The highest BCUT2D eigenvalue weighted by Gasteiger charge is 2.32. The SMILES string of the molecule is CCNC(=NCC1(SCC)CCOCC1)NC1CC=CC1. The number of nitrogens with one attached hydrogen (secondary N) is 2. The summed E-state index contributed by atoms with van der Waals surface area (Å²) in [7, 11) is 0. The highest BCUT2D eigenvalue weighted by molar-refractivity contribution is 8.00. The van der Waals surface area contributed by atoms with Gasteiger partial charge in [-0.2, -0.15) is 11.8 Å². The van der Waals surface area contributed by atoms with Crippen molar-refractivity contribution in [2.24, 2.45) is 4.99 Å². The molecule has 5 heteroatoms. The number of hydrogen-bond donors (Lipinski definition) is 2. The first-order chi connectivity index (χ1) is 10.3. The molecule has 0 radical (unpaired) electrons. The molecule has 0 aromatic carbocycles. The molecular weight excluding hydrogens is 282 g/mol. The second-order valence-electron chi connectivity index (χ2n) is 5.71. The molecule has 2 N–H and O–H groups in total. The molecule has 1 aliphatic heterocycles. The van der Waals surface area contributed by atoms with Gasteiger partial charge in [-0.25, -0.2) is 0 Å². The molecule has 2 aliphatic rings. The highest BCUT2D eigenvalue weighted by Crippen LogP contribution is 2.35. The van der Waals surface area contributed by atoms with E-state index < -0.39 is 0 Å². The highest BCUT2D eigenvalue weighted by atomic mass is 32.2. The van der Waals surface area contributed by atoms with E-state index in [1.54, 1.807) is 0 Å². The number of thioether (sulfide) groups is 1. The minimum atomic E-state index is 0.267. The van der Waals surface area contributed by atoms with Gasteiger partial charge in [-0.3, -0.25) is 4.99 Å². The van der Waals surface area contributed by atoms with Crippen LogP contribution >= 0.6 is 11.8 Å². The van der Waals surface area contributed by atoms with Crippen LogP contribution in [-0.4, -0.2) is 48.8 Å². The number of aliphatic imine (C=N–C) groups is 1. The summed E-state index contributed by atoms with van der Waals surface area (Å²) in [5.41, 5.74) is 0. The molecular formula is C16H29N3OS. The van der Waals surface area contributed by atoms with Gasteiger partial charge in [-0.05, 0) is 38.4 Å². The van der Waals surface area contributed by atoms with Crippen LogP contribution in [0.4, 0.5) is 0 Å². The van der Waals surface area contributed by atoms with Crippen molar-refractivity contribution in [3.63, 3.8) is 0 Å². The van der Waals surface area contributed by atoms with Crippen LogP contribution in [0.1, 0.15) is 39.5 Å². The van der Waals surface area contributed by atoms with Crippen molar-refractivity contribution >= 4 is 17.7 Å². The number of hydrogen-bond acceptors (Lipinski definition) is 3. The summed E-state index contributed by atoms with van der Waals surface area (Å²) in [6.07, 6.45) is 8.92. The van der Waals surface area contributed by atoms with Gasteiger partial charge in [0.15, 0.2) is 5.96 Å². The molecule has 1 aliphatic carbocycles. The lowest BCUT2D eigenvalue weighted by molar-refractivity contribution is 0.0793. The van der Waals surface area contributed by atoms with E-state index in [9.17, 15) is 0 Å². The van der Waals surface area contributed by atoms with Gasteiger partial charge in [0, 0.05) is 30.5 Å². The normalized spacial score (nSPS) is 22.5. The first-order valence-electron chi connectivity index (χ1n) is 8.19. The lowest BCUT2D eigenvalue weighted by atomic mass is 9.99. The summed E-state index contributed by atoms with van der Waals surface area (Å²) in [5.74, 6) is 2.11. The van der Waals surface area contributed by atoms with E-state index in [2.05, 4.69) is 36.6 Å². The summed E-state index contributed by atoms with van der Waals surface area (Å²) >= 11 is 2.05. The maximum Gasteiger partial charge on any atom is 0.191 e. The van der Waals surface area contributed by atoms with Crippen LogP contribution < -0.4 is 10.6 Å². The molecule has 0 atom stereocenters. The molecule has 0 amide bonds. The Balaban J connectivity index is 1.94. The fourth-order valence-corrected chi connectivity index (χ4v) is 4.09. The summed E-state index contributed by atoms with van der Waals surface area (Å²) in [5, 5.41) is 6.93. The maximum atomic E-state index is 5.53. The first-order valence-corrected chi connectivity index (χ1v) is 9.18. The van der Waals surface area contributed by atoms with Crippen molar-refractivity contribution in [3.05, 3.63) is 12.2 Å². The second-order valence-corrected chi connectivity index (χ2v) is 7.44. The Morgan fingerprint density at radius 1 is 1.29 bits per heavy atom. The van der Waals surface area contributed by atoms with Gasteiger partial charge in [-0.15, -0.1) is 0 Å². The van der Waals surface area contributed by atoms with Gasteiger partial charge in [-0.1, -0.05) is 19.1 Å². The van der Waals surface area contributed by atoms with Crippen LogP contribution in [0.25, 0.3) is 0 Å². The Morgan fingerprint density at radius 2 is 2.00 bits per heavy atom. The van der Waals surface area contributed by atoms with Gasteiger partial charge in [0.1, 0.15) is 0 Å². The molecule has 0 aromatic rings. The van der Waals surface area contributed by atoms with Crippen LogP contribution in [0.15, 0.2) is 17.1 Å². The van der Waals surface area contributed by atoms with Crippen LogP contribution in [-0.2, 0) is 4.74 Å². The monoisotopic (exact) mass is 311 g/mol. The van der Waals surface area contributed by atoms with Crippen LogP contribution in [0.2, 0.25) is 0 Å². The van der Waals surface area contributed by atoms with E-state index in [1.165, 1.54) is 0 Å². The topological polar surface area (TPSA) is 45.7 Å². The van der Waals surface area contributed by atoms with Gasteiger partial charge >= 0.3 is 0 Å². The fourth-order valence-electron chi connectivity index (χ4n) is 2.87. The Kier molecular flexibility index (Phi) is 6.90. The van der Waals surface area contributed by atoms with Crippen molar-refractivity contribution in [2.75, 3.05) is 32.1 Å². The molecule has 120 valence electrons. The number of rotatable bonds is 6. The zero-order valence-corrected chi connectivity index (χ0v) is 14.2. The third kappa shape index (κ3) is 5.22. The second kappa shape index (κ2) is 8.69. The Labute approximate surface area is 133 Å². The minimum Gasteiger partial charge on any atom is -0.381 e. The average Bonchev–Trinajstić information content (AvgIpc) is 2.99. The van der Waals surface area contributed by atoms with E-state index in [-0.39, 0.29) is 4.75 Å². The standard InChI is InChI=1S/C16H29N3OS/c1-3-17-15(19-14-7-5-6-8-14)18-13-16(21-4-2)9-11-20-12-10-16/h5-6,14H,3-4,7-13H2,1-2H3,(H2,17,18,19). The molecule has 0 bridgehead atoms. The van der Waals surface area contributed by atoms with Crippen LogP contribution in [0, 0.1) is 0 Å². The molecule has 0 spiro atoms. The van der Waals surface area contributed by atoms with Gasteiger partial charge < -0.3 is 15.4 Å². The van der Waals surface area contributed by atoms with Crippen molar-refractivity contribution in [2.45, 2.75) is 50.3 Å². The van der Waals surface area contributed by atoms with Crippen molar-refractivity contribution in [1.82, 2.24) is 10.6 Å². The molecule has 1 heterocycles. The summed E-state index contributed by atoms with van der Waals surface area (Å²) in [6, 6.07) is 0.507. The lowest BCUT2D eigenvalue weighted by Crippen LogP contribution is -2.44. The molecule has 0 aromatic heterocycles. The molecule has 1 fully saturated rings. The minimum absolute atomic E-state index is 0.267. The molecule has 2 rings (SSSR count). The molecule has 0 saturated carbocycles. The van der Waals surface area contributed by atoms with Crippen LogP contribution in [0.5, 0.6) is 0 Å². The van der Waals surface area contributed by atoms with E-state index in [1.807, 2.05) is 11.8 Å². The average molecular weight is 311 g/mol. The molecule has 4 nitrogen and oxygen atoms in total. The van der Waals surface area contributed by atoms with Crippen LogP contribution in [0.3, 0.4) is 0 Å². The summed E-state index contributed by atoms with van der Waals surface area (Å²) in [4.78, 5) is 4.88. The van der Waals surface area contributed by atoms with Gasteiger partial charge in [0.25, 0.3) is 0 Å². The Bertz CT molecular complexity index is 351.